The Hall–Kier alpha value is -0.120. The minimum absolute atomic E-state index is 0.279. The average molecular weight is 172 g/mol. The lowest BCUT2D eigenvalue weighted by atomic mass is 10.1. The summed E-state index contributed by atoms with van der Waals surface area (Å²) in [4.78, 5) is 2.35. The topological polar surface area (TPSA) is 35.5 Å². The molecule has 0 aromatic rings. The van der Waals surface area contributed by atoms with Crippen LogP contribution in [0.1, 0.15) is 20.3 Å². The maximum atomic E-state index is 8.83. The number of hydrogen-bond donors (Lipinski definition) is 2. The van der Waals surface area contributed by atoms with Crippen molar-refractivity contribution < 1.29 is 5.11 Å². The van der Waals surface area contributed by atoms with E-state index in [1.54, 1.807) is 0 Å². The first-order valence-electron chi connectivity index (χ1n) is 4.86. The van der Waals surface area contributed by atoms with Gasteiger partial charge < -0.3 is 10.4 Å². The van der Waals surface area contributed by atoms with Gasteiger partial charge in [-0.3, -0.25) is 4.90 Å². The SMILES string of the molecule is CCC1CN(CCO)C(C)CN1. The van der Waals surface area contributed by atoms with Gasteiger partial charge in [-0.25, -0.2) is 0 Å². The second-order valence-electron chi connectivity index (χ2n) is 3.58. The van der Waals surface area contributed by atoms with E-state index in [2.05, 4.69) is 24.1 Å². The molecule has 0 bridgehead atoms. The predicted octanol–water partition coefficient (Wildman–Crippen LogP) is 0.0510. The van der Waals surface area contributed by atoms with Crippen molar-refractivity contribution >= 4 is 0 Å². The summed E-state index contributed by atoms with van der Waals surface area (Å²) in [6.45, 7) is 7.64. The monoisotopic (exact) mass is 172 g/mol. The number of aliphatic hydroxyl groups excluding tert-OH is 1. The van der Waals surface area contributed by atoms with Gasteiger partial charge in [0.2, 0.25) is 0 Å². The third-order valence-electron chi connectivity index (χ3n) is 2.66. The summed E-state index contributed by atoms with van der Waals surface area (Å²) in [5.41, 5.74) is 0. The molecular weight excluding hydrogens is 152 g/mol. The number of β-amino-alcohol motifs (C(OH)–C–C–N with tert-alkyl or cyclic N) is 1. The quantitative estimate of drug-likeness (QED) is 0.631. The Bertz CT molecular complexity index is 130. The second kappa shape index (κ2) is 4.80. The van der Waals surface area contributed by atoms with E-state index < -0.39 is 0 Å². The molecule has 1 fully saturated rings. The number of hydrogen-bond acceptors (Lipinski definition) is 3. The zero-order chi connectivity index (χ0) is 8.97. The molecule has 1 rings (SSSR count). The Morgan fingerprint density at radius 3 is 2.92 bits per heavy atom. The lowest BCUT2D eigenvalue weighted by Crippen LogP contribution is -2.55. The van der Waals surface area contributed by atoms with Crippen molar-refractivity contribution in [2.75, 3.05) is 26.2 Å². The van der Waals surface area contributed by atoms with Crippen LogP contribution >= 0.6 is 0 Å². The lowest BCUT2D eigenvalue weighted by molar-refractivity contribution is 0.111. The van der Waals surface area contributed by atoms with Gasteiger partial charge in [0.15, 0.2) is 0 Å². The van der Waals surface area contributed by atoms with E-state index in [4.69, 9.17) is 5.11 Å². The summed E-state index contributed by atoms with van der Waals surface area (Å²) in [6, 6.07) is 1.19. The summed E-state index contributed by atoms with van der Waals surface area (Å²) in [7, 11) is 0. The fourth-order valence-electron chi connectivity index (χ4n) is 1.71. The van der Waals surface area contributed by atoms with Crippen molar-refractivity contribution in [3.05, 3.63) is 0 Å². The molecule has 2 atom stereocenters. The maximum Gasteiger partial charge on any atom is 0.0558 e. The van der Waals surface area contributed by atoms with Gasteiger partial charge in [0.05, 0.1) is 6.61 Å². The molecule has 0 saturated carbocycles. The van der Waals surface area contributed by atoms with Crippen LogP contribution < -0.4 is 5.32 Å². The molecule has 12 heavy (non-hydrogen) atoms. The van der Waals surface area contributed by atoms with Crippen molar-refractivity contribution in [2.45, 2.75) is 32.4 Å². The van der Waals surface area contributed by atoms with Crippen LogP contribution in [0.25, 0.3) is 0 Å². The zero-order valence-electron chi connectivity index (χ0n) is 8.08. The van der Waals surface area contributed by atoms with E-state index in [1.165, 1.54) is 6.42 Å². The second-order valence-corrected chi connectivity index (χ2v) is 3.58. The van der Waals surface area contributed by atoms with Crippen molar-refractivity contribution in [1.82, 2.24) is 10.2 Å². The van der Waals surface area contributed by atoms with Gasteiger partial charge >= 0.3 is 0 Å². The molecule has 3 heteroatoms. The Balaban J connectivity index is 2.36. The summed E-state index contributed by atoms with van der Waals surface area (Å²) in [6.07, 6.45) is 1.18. The van der Waals surface area contributed by atoms with E-state index >= 15 is 0 Å². The Morgan fingerprint density at radius 2 is 2.33 bits per heavy atom. The van der Waals surface area contributed by atoms with Crippen molar-refractivity contribution in [3.63, 3.8) is 0 Å². The molecule has 0 radical (unpaired) electrons. The van der Waals surface area contributed by atoms with Gasteiger partial charge in [0, 0.05) is 31.7 Å². The standard InChI is InChI=1S/C9H20N2O/c1-3-9-7-11(4-5-12)8(2)6-10-9/h8-10,12H,3-7H2,1-2H3. The highest BCUT2D eigenvalue weighted by Gasteiger charge is 2.22. The predicted molar refractivity (Wildman–Crippen MR) is 50.2 cm³/mol. The number of nitrogens with zero attached hydrogens (tertiary/aromatic N) is 1. The third kappa shape index (κ3) is 2.44. The summed E-state index contributed by atoms with van der Waals surface area (Å²) < 4.78 is 0. The molecule has 1 aliphatic rings. The van der Waals surface area contributed by atoms with Gasteiger partial charge in [-0.1, -0.05) is 6.92 Å². The van der Waals surface area contributed by atoms with Gasteiger partial charge in [0.25, 0.3) is 0 Å². The smallest absolute Gasteiger partial charge is 0.0558 e. The largest absolute Gasteiger partial charge is 0.395 e. The molecule has 72 valence electrons. The van der Waals surface area contributed by atoms with E-state index in [0.29, 0.717) is 12.1 Å². The van der Waals surface area contributed by atoms with Gasteiger partial charge in [-0.2, -0.15) is 0 Å². The van der Waals surface area contributed by atoms with E-state index in [1.807, 2.05) is 0 Å². The van der Waals surface area contributed by atoms with Crippen LogP contribution in [0.2, 0.25) is 0 Å². The summed E-state index contributed by atoms with van der Waals surface area (Å²) in [5, 5.41) is 12.3. The molecule has 0 aromatic heterocycles. The van der Waals surface area contributed by atoms with Crippen LogP contribution in [0.3, 0.4) is 0 Å². The molecule has 1 aliphatic heterocycles. The molecule has 3 nitrogen and oxygen atoms in total. The van der Waals surface area contributed by atoms with Crippen LogP contribution in [0.4, 0.5) is 0 Å². The van der Waals surface area contributed by atoms with Crippen LogP contribution in [0, 0.1) is 0 Å². The van der Waals surface area contributed by atoms with Crippen LogP contribution in [-0.2, 0) is 0 Å². The van der Waals surface area contributed by atoms with Gasteiger partial charge in [-0.05, 0) is 13.3 Å². The third-order valence-corrected chi connectivity index (χ3v) is 2.66. The van der Waals surface area contributed by atoms with Crippen LogP contribution in [0.5, 0.6) is 0 Å². The van der Waals surface area contributed by atoms with Crippen molar-refractivity contribution in [3.8, 4) is 0 Å². The average Bonchev–Trinajstić information content (AvgIpc) is 2.09. The van der Waals surface area contributed by atoms with E-state index in [9.17, 15) is 0 Å². The molecule has 2 N–H and O–H groups in total. The Labute approximate surface area is 74.8 Å². The summed E-state index contributed by atoms with van der Waals surface area (Å²) in [5.74, 6) is 0. The Morgan fingerprint density at radius 1 is 1.58 bits per heavy atom. The van der Waals surface area contributed by atoms with Gasteiger partial charge in [0.1, 0.15) is 0 Å². The highest BCUT2D eigenvalue weighted by Crippen LogP contribution is 2.07. The highest BCUT2D eigenvalue weighted by atomic mass is 16.3. The molecule has 1 saturated heterocycles. The number of rotatable bonds is 3. The first-order valence-corrected chi connectivity index (χ1v) is 4.86. The van der Waals surface area contributed by atoms with Gasteiger partial charge in [-0.15, -0.1) is 0 Å². The molecule has 0 aromatic carbocycles. The van der Waals surface area contributed by atoms with Crippen molar-refractivity contribution in [1.29, 1.82) is 0 Å². The minimum Gasteiger partial charge on any atom is -0.395 e. The first-order chi connectivity index (χ1) is 5.77. The van der Waals surface area contributed by atoms with E-state index in [-0.39, 0.29) is 6.61 Å². The molecule has 0 aliphatic carbocycles. The molecule has 0 amide bonds. The number of aliphatic hydroxyl groups is 1. The summed E-state index contributed by atoms with van der Waals surface area (Å²) >= 11 is 0. The fraction of sp³-hybridized carbons (Fsp3) is 1.00. The minimum atomic E-state index is 0.279. The molecule has 2 unspecified atom stereocenters. The number of nitrogens with one attached hydrogen (secondary N) is 1. The maximum absolute atomic E-state index is 8.83. The molecule has 0 spiro atoms. The van der Waals surface area contributed by atoms with E-state index in [0.717, 1.165) is 19.6 Å². The van der Waals surface area contributed by atoms with Crippen LogP contribution in [0.15, 0.2) is 0 Å². The normalized spacial score (nSPS) is 32.2. The number of piperazine rings is 1. The molecule has 1 heterocycles. The van der Waals surface area contributed by atoms with Crippen LogP contribution in [-0.4, -0.2) is 48.3 Å². The fourth-order valence-corrected chi connectivity index (χ4v) is 1.71. The zero-order valence-corrected chi connectivity index (χ0v) is 8.08. The van der Waals surface area contributed by atoms with Crippen molar-refractivity contribution in [2.24, 2.45) is 0 Å². The Kier molecular flexibility index (Phi) is 3.98. The molecular formula is C9H20N2O. The first kappa shape index (κ1) is 9.96. The lowest BCUT2D eigenvalue weighted by Gasteiger charge is -2.38. The highest BCUT2D eigenvalue weighted by molar-refractivity contribution is 4.82.